The van der Waals surface area contributed by atoms with Crippen molar-refractivity contribution in [2.75, 3.05) is 19.6 Å². The van der Waals surface area contributed by atoms with Crippen LogP contribution in [0.5, 0.6) is 0 Å². The van der Waals surface area contributed by atoms with E-state index in [-0.39, 0.29) is 6.42 Å². The Labute approximate surface area is 88.5 Å². The van der Waals surface area contributed by atoms with Crippen LogP contribution in [0.4, 0.5) is 0 Å². The van der Waals surface area contributed by atoms with Gasteiger partial charge in [-0.2, -0.15) is 4.98 Å². The van der Waals surface area contributed by atoms with E-state index in [2.05, 4.69) is 22.0 Å². The van der Waals surface area contributed by atoms with Gasteiger partial charge in [-0.1, -0.05) is 12.1 Å². The van der Waals surface area contributed by atoms with E-state index in [1.807, 2.05) is 0 Å². The Hall–Kier alpha value is -1.23. The Morgan fingerprint density at radius 3 is 3.20 bits per heavy atom. The van der Waals surface area contributed by atoms with E-state index in [0.717, 1.165) is 38.2 Å². The summed E-state index contributed by atoms with van der Waals surface area (Å²) in [4.78, 5) is 16.8. The highest BCUT2D eigenvalue weighted by atomic mass is 16.5. The molecule has 1 saturated heterocycles. The van der Waals surface area contributed by atoms with Crippen LogP contribution in [0.1, 0.15) is 31.0 Å². The third kappa shape index (κ3) is 2.23. The summed E-state index contributed by atoms with van der Waals surface area (Å²) in [7, 11) is 0. The number of carbonyl (C=O) groups is 1. The summed E-state index contributed by atoms with van der Waals surface area (Å²) in [5.74, 6) is 1.55. The van der Waals surface area contributed by atoms with Crippen molar-refractivity contribution in [3.63, 3.8) is 0 Å². The van der Waals surface area contributed by atoms with Crippen molar-refractivity contribution in [1.29, 1.82) is 0 Å². The van der Waals surface area contributed by atoms with Gasteiger partial charge in [-0.15, -0.1) is 0 Å². The molecule has 0 bridgehead atoms. The fourth-order valence-corrected chi connectivity index (χ4v) is 1.92. The van der Waals surface area contributed by atoms with Crippen LogP contribution in [0, 0.1) is 0 Å². The number of rotatable bonds is 4. The lowest BCUT2D eigenvalue weighted by atomic mass is 10.1. The minimum absolute atomic E-state index is 0.219. The first-order chi connectivity index (χ1) is 7.33. The highest BCUT2D eigenvalue weighted by molar-refractivity contribution is 5.52. The van der Waals surface area contributed by atoms with E-state index in [4.69, 9.17) is 4.52 Å². The standard InChI is InChI=1S/C10H15N3O2/c1-2-13-5-3-8(7-13)10-11-9(4-6-14)15-12-10/h6,8H,2-5,7H2,1H3. The molecule has 0 saturated carbocycles. The first-order valence-electron chi connectivity index (χ1n) is 5.32. The minimum Gasteiger partial charge on any atom is -0.339 e. The zero-order valence-electron chi connectivity index (χ0n) is 8.85. The van der Waals surface area contributed by atoms with Crippen LogP contribution in [-0.4, -0.2) is 41.0 Å². The van der Waals surface area contributed by atoms with Gasteiger partial charge in [0.15, 0.2) is 5.82 Å². The topological polar surface area (TPSA) is 59.2 Å². The molecule has 82 valence electrons. The molecule has 2 heterocycles. The SMILES string of the molecule is CCN1CCC(c2noc(CC=O)n2)C1. The van der Waals surface area contributed by atoms with Gasteiger partial charge in [0.25, 0.3) is 0 Å². The number of likely N-dealkylation sites (N-methyl/N-ethyl adjacent to an activating group) is 1. The third-order valence-electron chi connectivity index (χ3n) is 2.83. The van der Waals surface area contributed by atoms with E-state index >= 15 is 0 Å². The van der Waals surface area contributed by atoms with Crippen molar-refractivity contribution in [1.82, 2.24) is 15.0 Å². The summed E-state index contributed by atoms with van der Waals surface area (Å²) in [5.41, 5.74) is 0. The number of hydrogen-bond acceptors (Lipinski definition) is 5. The molecule has 0 radical (unpaired) electrons. The second-order valence-electron chi connectivity index (χ2n) is 3.80. The Morgan fingerprint density at radius 1 is 1.67 bits per heavy atom. The van der Waals surface area contributed by atoms with E-state index in [1.54, 1.807) is 0 Å². The lowest BCUT2D eigenvalue weighted by molar-refractivity contribution is -0.107. The Balaban J connectivity index is 2.00. The van der Waals surface area contributed by atoms with Crippen molar-refractivity contribution >= 4 is 6.29 Å². The first kappa shape index (κ1) is 10.3. The Kier molecular flexibility index (Phi) is 3.11. The molecule has 1 atom stereocenters. The van der Waals surface area contributed by atoms with Gasteiger partial charge in [0.2, 0.25) is 5.89 Å². The second-order valence-corrected chi connectivity index (χ2v) is 3.80. The molecule has 1 fully saturated rings. The van der Waals surface area contributed by atoms with Crippen molar-refractivity contribution in [3.8, 4) is 0 Å². The summed E-state index contributed by atoms with van der Waals surface area (Å²) in [6.07, 6.45) is 2.08. The zero-order chi connectivity index (χ0) is 10.7. The van der Waals surface area contributed by atoms with Crippen molar-refractivity contribution in [3.05, 3.63) is 11.7 Å². The summed E-state index contributed by atoms with van der Waals surface area (Å²) in [6.45, 7) is 5.31. The summed E-state index contributed by atoms with van der Waals surface area (Å²) in [5, 5.41) is 3.91. The molecule has 1 aliphatic rings. The number of aromatic nitrogens is 2. The number of carbonyl (C=O) groups excluding carboxylic acids is 1. The molecule has 15 heavy (non-hydrogen) atoms. The van der Waals surface area contributed by atoms with Crippen LogP contribution in [0.25, 0.3) is 0 Å². The molecule has 1 aromatic heterocycles. The van der Waals surface area contributed by atoms with Crippen molar-refractivity contribution in [2.45, 2.75) is 25.7 Å². The number of nitrogens with zero attached hydrogens (tertiary/aromatic N) is 3. The largest absolute Gasteiger partial charge is 0.339 e. The monoisotopic (exact) mass is 209 g/mol. The van der Waals surface area contributed by atoms with E-state index < -0.39 is 0 Å². The van der Waals surface area contributed by atoms with Crippen LogP contribution in [0.3, 0.4) is 0 Å². The lowest BCUT2D eigenvalue weighted by Crippen LogP contribution is -2.19. The quantitative estimate of drug-likeness (QED) is 0.680. The van der Waals surface area contributed by atoms with Gasteiger partial charge in [0.1, 0.15) is 6.29 Å². The van der Waals surface area contributed by atoms with Gasteiger partial charge in [-0.3, -0.25) is 0 Å². The van der Waals surface area contributed by atoms with Crippen LogP contribution in [0.15, 0.2) is 4.52 Å². The Bertz CT molecular complexity index is 337. The maximum absolute atomic E-state index is 10.3. The minimum atomic E-state index is 0.219. The highest BCUT2D eigenvalue weighted by Crippen LogP contribution is 2.24. The summed E-state index contributed by atoms with van der Waals surface area (Å²) < 4.78 is 4.98. The van der Waals surface area contributed by atoms with E-state index in [1.165, 1.54) is 0 Å². The maximum Gasteiger partial charge on any atom is 0.233 e. The molecule has 2 rings (SSSR count). The van der Waals surface area contributed by atoms with Gasteiger partial charge in [0, 0.05) is 12.5 Å². The molecular formula is C10H15N3O2. The highest BCUT2D eigenvalue weighted by Gasteiger charge is 2.26. The molecule has 0 amide bonds. The van der Waals surface area contributed by atoms with Crippen LogP contribution < -0.4 is 0 Å². The van der Waals surface area contributed by atoms with Gasteiger partial charge in [0.05, 0.1) is 6.42 Å². The van der Waals surface area contributed by atoms with Crippen molar-refractivity contribution in [2.24, 2.45) is 0 Å². The smallest absolute Gasteiger partial charge is 0.233 e. The molecule has 0 aromatic carbocycles. The molecule has 5 heteroatoms. The zero-order valence-corrected chi connectivity index (χ0v) is 8.85. The van der Waals surface area contributed by atoms with Gasteiger partial charge in [-0.25, -0.2) is 0 Å². The molecule has 0 N–H and O–H groups in total. The average Bonchev–Trinajstić information content (AvgIpc) is 2.85. The normalized spacial score (nSPS) is 22.1. The van der Waals surface area contributed by atoms with Crippen LogP contribution in [-0.2, 0) is 11.2 Å². The molecule has 5 nitrogen and oxygen atoms in total. The van der Waals surface area contributed by atoms with Gasteiger partial charge in [-0.05, 0) is 19.5 Å². The number of likely N-dealkylation sites (tertiary alicyclic amines) is 1. The molecule has 0 spiro atoms. The molecule has 0 aliphatic carbocycles. The predicted molar refractivity (Wildman–Crippen MR) is 53.5 cm³/mol. The second kappa shape index (κ2) is 4.53. The fourth-order valence-electron chi connectivity index (χ4n) is 1.92. The molecule has 1 aliphatic heterocycles. The van der Waals surface area contributed by atoms with Crippen molar-refractivity contribution < 1.29 is 9.32 Å². The lowest BCUT2D eigenvalue weighted by Gasteiger charge is -2.10. The van der Waals surface area contributed by atoms with Crippen LogP contribution in [0.2, 0.25) is 0 Å². The average molecular weight is 209 g/mol. The Morgan fingerprint density at radius 2 is 2.53 bits per heavy atom. The molecule has 1 unspecified atom stereocenters. The summed E-state index contributed by atoms with van der Waals surface area (Å²) >= 11 is 0. The number of hydrogen-bond donors (Lipinski definition) is 0. The molecule has 1 aromatic rings. The fraction of sp³-hybridized carbons (Fsp3) is 0.700. The third-order valence-corrected chi connectivity index (χ3v) is 2.83. The van der Waals surface area contributed by atoms with Gasteiger partial charge < -0.3 is 14.2 Å². The van der Waals surface area contributed by atoms with Gasteiger partial charge >= 0.3 is 0 Å². The predicted octanol–water partition coefficient (Wildman–Crippen LogP) is 0.620. The van der Waals surface area contributed by atoms with Crippen LogP contribution >= 0.6 is 0 Å². The molecular weight excluding hydrogens is 194 g/mol. The first-order valence-corrected chi connectivity index (χ1v) is 5.32. The summed E-state index contributed by atoms with van der Waals surface area (Å²) in [6, 6.07) is 0. The number of aldehydes is 1. The van der Waals surface area contributed by atoms with E-state index in [9.17, 15) is 4.79 Å². The maximum atomic E-state index is 10.3. The van der Waals surface area contributed by atoms with E-state index in [0.29, 0.717) is 11.8 Å².